The Kier molecular flexibility index (Phi) is 5.01. The molecular weight excluding hydrogens is 319 g/mol. The van der Waals surface area contributed by atoms with Crippen LogP contribution in [0.1, 0.15) is 36.4 Å². The summed E-state index contributed by atoms with van der Waals surface area (Å²) >= 11 is 0. The Bertz CT molecular complexity index is 748. The molecule has 4 nitrogen and oxygen atoms in total. The van der Waals surface area contributed by atoms with Crippen LogP contribution in [0, 0.1) is 19.8 Å². The number of carbonyl (C=O) groups excluding carboxylic acids is 1. The van der Waals surface area contributed by atoms with Gasteiger partial charge in [-0.2, -0.15) is 18.3 Å². The second-order valence-electron chi connectivity index (χ2n) is 6.05. The molecule has 2 aromatic rings. The number of carbonyl (C=O) groups is 1. The number of rotatable bonds is 4. The molecule has 0 atom stereocenters. The number of alkyl halides is 3. The first-order valence-corrected chi connectivity index (χ1v) is 7.61. The Labute approximate surface area is 138 Å². The maximum absolute atomic E-state index is 13.4. The van der Waals surface area contributed by atoms with Gasteiger partial charge in [0.1, 0.15) is 0 Å². The third-order valence-corrected chi connectivity index (χ3v) is 3.63. The summed E-state index contributed by atoms with van der Waals surface area (Å²) in [6.07, 6.45) is -4.51. The number of aryl methyl sites for hydroxylation is 2. The van der Waals surface area contributed by atoms with E-state index in [2.05, 4.69) is 10.4 Å². The van der Waals surface area contributed by atoms with Crippen LogP contribution >= 0.6 is 0 Å². The van der Waals surface area contributed by atoms with E-state index in [1.165, 1.54) is 10.7 Å². The number of nitrogens with zero attached hydrogens (tertiary/aromatic N) is 2. The summed E-state index contributed by atoms with van der Waals surface area (Å²) in [5, 5.41) is 6.73. The fraction of sp³-hybridized carbons (Fsp3) is 0.412. The number of nitrogens with one attached hydrogen (secondary N) is 1. The molecule has 7 heteroatoms. The fourth-order valence-electron chi connectivity index (χ4n) is 2.39. The number of aromatic nitrogens is 2. The first-order chi connectivity index (χ1) is 11.1. The highest BCUT2D eigenvalue weighted by atomic mass is 19.4. The van der Waals surface area contributed by atoms with Crippen LogP contribution < -0.4 is 5.32 Å². The monoisotopic (exact) mass is 339 g/mol. The van der Waals surface area contributed by atoms with E-state index in [0.717, 1.165) is 17.5 Å². The van der Waals surface area contributed by atoms with Gasteiger partial charge in [-0.25, -0.2) is 4.68 Å². The van der Waals surface area contributed by atoms with E-state index in [4.69, 9.17) is 0 Å². The van der Waals surface area contributed by atoms with Gasteiger partial charge >= 0.3 is 6.18 Å². The molecule has 0 unspecified atom stereocenters. The summed E-state index contributed by atoms with van der Waals surface area (Å²) in [4.78, 5) is 11.6. The van der Waals surface area contributed by atoms with E-state index in [0.29, 0.717) is 5.69 Å². The van der Waals surface area contributed by atoms with Crippen molar-refractivity contribution in [3.63, 3.8) is 0 Å². The van der Waals surface area contributed by atoms with Gasteiger partial charge in [0.2, 0.25) is 5.91 Å². The third kappa shape index (κ3) is 3.96. The molecule has 1 aromatic heterocycles. The maximum atomic E-state index is 13.4. The predicted octanol–water partition coefficient (Wildman–Crippen LogP) is 3.78. The number of hydrogen-bond acceptors (Lipinski definition) is 2. The maximum Gasteiger partial charge on any atom is 0.416 e. The molecule has 130 valence electrons. The molecule has 0 saturated heterocycles. The average Bonchev–Trinajstić information content (AvgIpc) is 2.82. The zero-order valence-electron chi connectivity index (χ0n) is 14.0. The van der Waals surface area contributed by atoms with Crippen molar-refractivity contribution in [3.05, 3.63) is 46.8 Å². The summed E-state index contributed by atoms with van der Waals surface area (Å²) in [6.45, 7) is 6.77. The van der Waals surface area contributed by atoms with Gasteiger partial charge in [0.05, 0.1) is 16.9 Å². The van der Waals surface area contributed by atoms with E-state index < -0.39 is 11.7 Å². The van der Waals surface area contributed by atoms with Crippen molar-refractivity contribution in [2.75, 3.05) is 0 Å². The van der Waals surface area contributed by atoms with Crippen LogP contribution in [-0.2, 0) is 17.5 Å². The van der Waals surface area contributed by atoms with E-state index in [1.54, 1.807) is 39.8 Å². The van der Waals surface area contributed by atoms with Crippen LogP contribution in [0.25, 0.3) is 5.69 Å². The summed E-state index contributed by atoms with van der Waals surface area (Å²) in [7, 11) is 0. The third-order valence-electron chi connectivity index (χ3n) is 3.63. The molecule has 1 amide bonds. The molecule has 0 radical (unpaired) electrons. The molecule has 0 spiro atoms. The quantitative estimate of drug-likeness (QED) is 0.921. The van der Waals surface area contributed by atoms with Crippen LogP contribution in [0.15, 0.2) is 24.3 Å². The molecular formula is C17H20F3N3O. The van der Waals surface area contributed by atoms with Gasteiger partial charge in [0, 0.05) is 18.2 Å². The van der Waals surface area contributed by atoms with Crippen molar-refractivity contribution in [2.24, 2.45) is 5.92 Å². The lowest BCUT2D eigenvalue weighted by atomic mass is 10.1. The molecule has 0 saturated carbocycles. The second kappa shape index (κ2) is 6.67. The average molecular weight is 339 g/mol. The van der Waals surface area contributed by atoms with Crippen LogP contribution in [0.2, 0.25) is 0 Å². The zero-order valence-corrected chi connectivity index (χ0v) is 14.0. The van der Waals surface area contributed by atoms with E-state index in [-0.39, 0.29) is 23.9 Å². The Hall–Kier alpha value is -2.31. The van der Waals surface area contributed by atoms with E-state index in [1.807, 2.05) is 0 Å². The molecule has 0 bridgehead atoms. The van der Waals surface area contributed by atoms with Crippen molar-refractivity contribution in [1.82, 2.24) is 15.1 Å². The lowest BCUT2D eigenvalue weighted by Crippen LogP contribution is -2.28. The van der Waals surface area contributed by atoms with Crippen molar-refractivity contribution >= 4 is 5.91 Å². The number of amides is 1. The molecule has 2 rings (SSSR count). The number of benzene rings is 1. The Morgan fingerprint density at radius 1 is 1.25 bits per heavy atom. The topological polar surface area (TPSA) is 46.9 Å². The van der Waals surface area contributed by atoms with Gasteiger partial charge in [-0.1, -0.05) is 19.9 Å². The summed E-state index contributed by atoms with van der Waals surface area (Å²) in [5.41, 5.74) is 1.08. The van der Waals surface area contributed by atoms with Crippen LogP contribution in [-0.4, -0.2) is 15.7 Å². The van der Waals surface area contributed by atoms with Gasteiger partial charge in [0.25, 0.3) is 0 Å². The molecule has 1 heterocycles. The van der Waals surface area contributed by atoms with Gasteiger partial charge in [0.15, 0.2) is 0 Å². The fourth-order valence-corrected chi connectivity index (χ4v) is 2.39. The van der Waals surface area contributed by atoms with Crippen molar-refractivity contribution < 1.29 is 18.0 Å². The molecule has 0 aliphatic carbocycles. The van der Waals surface area contributed by atoms with Gasteiger partial charge in [-0.05, 0) is 37.6 Å². The Morgan fingerprint density at radius 3 is 2.42 bits per heavy atom. The molecule has 24 heavy (non-hydrogen) atoms. The summed E-state index contributed by atoms with van der Waals surface area (Å²) in [6, 6.07) is 5.82. The van der Waals surface area contributed by atoms with E-state index in [9.17, 15) is 18.0 Å². The minimum absolute atomic E-state index is 0.0294. The van der Waals surface area contributed by atoms with Gasteiger partial charge in [-0.3, -0.25) is 4.79 Å². The highest BCUT2D eigenvalue weighted by Crippen LogP contribution is 2.33. The molecule has 0 fully saturated rings. The molecule has 0 aliphatic rings. The minimum Gasteiger partial charge on any atom is -0.352 e. The lowest BCUT2D eigenvalue weighted by molar-refractivity contribution is -0.138. The number of hydrogen-bond donors (Lipinski definition) is 1. The zero-order chi connectivity index (χ0) is 18.1. The SMILES string of the molecule is Cc1cc(C)n(-c2ccc(CNC(=O)C(C)C)c(C(F)(F)F)c2)n1. The summed E-state index contributed by atoms with van der Waals surface area (Å²) < 4.78 is 41.6. The first kappa shape index (κ1) is 18.0. The summed E-state index contributed by atoms with van der Waals surface area (Å²) in [5.74, 6) is -0.570. The standard InChI is InChI=1S/C17H20F3N3O/c1-10(2)16(24)21-9-13-5-6-14(8-15(13)17(18,19)20)23-12(4)7-11(3)22-23/h5-8,10H,9H2,1-4H3,(H,21,24). The van der Waals surface area contributed by atoms with Crippen LogP contribution in [0.5, 0.6) is 0 Å². The molecule has 1 N–H and O–H groups in total. The Morgan fingerprint density at radius 2 is 1.92 bits per heavy atom. The smallest absolute Gasteiger partial charge is 0.352 e. The van der Waals surface area contributed by atoms with Crippen molar-refractivity contribution in [3.8, 4) is 5.69 Å². The normalized spacial score (nSPS) is 11.8. The van der Waals surface area contributed by atoms with Crippen LogP contribution in [0.3, 0.4) is 0 Å². The van der Waals surface area contributed by atoms with E-state index >= 15 is 0 Å². The molecule has 1 aromatic carbocycles. The van der Waals surface area contributed by atoms with Crippen LogP contribution in [0.4, 0.5) is 13.2 Å². The first-order valence-electron chi connectivity index (χ1n) is 7.61. The highest BCUT2D eigenvalue weighted by Gasteiger charge is 2.34. The van der Waals surface area contributed by atoms with Crippen molar-refractivity contribution in [2.45, 2.75) is 40.4 Å². The van der Waals surface area contributed by atoms with Crippen molar-refractivity contribution in [1.29, 1.82) is 0 Å². The lowest BCUT2D eigenvalue weighted by Gasteiger charge is -2.16. The largest absolute Gasteiger partial charge is 0.416 e. The second-order valence-corrected chi connectivity index (χ2v) is 6.05. The Balaban J connectivity index is 2.39. The van der Waals surface area contributed by atoms with Gasteiger partial charge in [-0.15, -0.1) is 0 Å². The van der Waals surface area contributed by atoms with Gasteiger partial charge < -0.3 is 5.32 Å². The minimum atomic E-state index is -4.51. The molecule has 0 aliphatic heterocycles. The highest BCUT2D eigenvalue weighted by molar-refractivity contribution is 5.77. The predicted molar refractivity (Wildman–Crippen MR) is 84.7 cm³/mol. The number of halogens is 3.